The maximum absolute atomic E-state index is 10.7. The molecule has 0 spiro atoms. The third kappa shape index (κ3) is 1.58. The number of hydrogen-bond donors (Lipinski definition) is 1. The number of H-pyrrole nitrogens is 1. The molecular weight excluding hydrogens is 234 g/mol. The number of aromatic amines is 1. The second kappa shape index (κ2) is 3.22. The third-order valence-corrected chi connectivity index (χ3v) is 2.38. The lowest BCUT2D eigenvalue weighted by Gasteiger charge is -1.97. The van der Waals surface area contributed by atoms with E-state index in [2.05, 4.69) is 25.3 Å². The average molecular weight is 240 g/mol. The van der Waals surface area contributed by atoms with Crippen LogP contribution in [0.4, 0.5) is 0 Å². The molecule has 0 aliphatic heterocycles. The topological polar surface area (TPSA) is 46.0 Å². The van der Waals surface area contributed by atoms with Gasteiger partial charge in [0.2, 0.25) is 0 Å². The molecule has 4 heteroatoms. The van der Waals surface area contributed by atoms with E-state index in [1.807, 2.05) is 24.3 Å². The molecule has 0 bridgehead atoms. The Morgan fingerprint density at radius 2 is 2.08 bits per heavy atom. The van der Waals surface area contributed by atoms with Gasteiger partial charge in [0, 0.05) is 10.0 Å². The van der Waals surface area contributed by atoms with Crippen LogP contribution in [0.1, 0.15) is 0 Å². The van der Waals surface area contributed by atoms with Gasteiger partial charge in [0.05, 0.1) is 5.69 Å². The first-order valence-electron chi connectivity index (χ1n) is 3.70. The summed E-state index contributed by atoms with van der Waals surface area (Å²) in [5.74, 6) is -0.439. The smallest absolute Gasteiger partial charge is 0.416 e. The molecule has 0 aliphatic rings. The Bertz CT molecular complexity index is 472. The van der Waals surface area contributed by atoms with Crippen LogP contribution in [0.3, 0.4) is 0 Å². The summed E-state index contributed by atoms with van der Waals surface area (Å²) < 4.78 is 5.57. The van der Waals surface area contributed by atoms with E-state index in [1.165, 1.54) is 6.26 Å². The number of benzene rings is 1. The minimum absolute atomic E-state index is 0.439. The summed E-state index contributed by atoms with van der Waals surface area (Å²) in [5.41, 5.74) is 1.59. The standard InChI is InChI=1S/C9H6BrNO2/c10-7-4-2-1-3-6(7)8-5-13-9(12)11-8/h1-5H,(H,11,12). The van der Waals surface area contributed by atoms with Gasteiger partial charge in [-0.1, -0.05) is 34.1 Å². The van der Waals surface area contributed by atoms with Crippen LogP contribution in [0.2, 0.25) is 0 Å². The number of hydrogen-bond acceptors (Lipinski definition) is 2. The van der Waals surface area contributed by atoms with E-state index < -0.39 is 5.76 Å². The highest BCUT2D eigenvalue weighted by Crippen LogP contribution is 2.25. The molecule has 1 heterocycles. The number of aromatic nitrogens is 1. The highest BCUT2D eigenvalue weighted by molar-refractivity contribution is 9.10. The zero-order valence-corrected chi connectivity index (χ0v) is 8.17. The minimum Gasteiger partial charge on any atom is -0.416 e. The lowest BCUT2D eigenvalue weighted by atomic mass is 10.2. The fraction of sp³-hybridized carbons (Fsp3) is 0. The molecule has 1 aromatic carbocycles. The van der Waals surface area contributed by atoms with E-state index in [0.717, 1.165) is 10.0 Å². The van der Waals surface area contributed by atoms with E-state index >= 15 is 0 Å². The van der Waals surface area contributed by atoms with Crippen LogP contribution >= 0.6 is 15.9 Å². The van der Waals surface area contributed by atoms with Gasteiger partial charge < -0.3 is 4.42 Å². The first-order valence-corrected chi connectivity index (χ1v) is 4.49. The van der Waals surface area contributed by atoms with Gasteiger partial charge in [-0.3, -0.25) is 4.98 Å². The zero-order valence-electron chi connectivity index (χ0n) is 6.58. The molecule has 0 radical (unpaired) electrons. The quantitative estimate of drug-likeness (QED) is 0.831. The van der Waals surface area contributed by atoms with Crippen LogP contribution in [0.5, 0.6) is 0 Å². The lowest BCUT2D eigenvalue weighted by molar-refractivity contribution is 0.515. The van der Waals surface area contributed by atoms with Crippen LogP contribution in [0.25, 0.3) is 11.3 Å². The largest absolute Gasteiger partial charge is 0.416 e. The monoisotopic (exact) mass is 239 g/mol. The zero-order chi connectivity index (χ0) is 9.26. The highest BCUT2D eigenvalue weighted by Gasteiger charge is 2.04. The molecular formula is C9H6BrNO2. The molecule has 0 saturated carbocycles. The molecule has 13 heavy (non-hydrogen) atoms. The molecule has 66 valence electrons. The molecule has 0 amide bonds. The van der Waals surface area contributed by atoms with Gasteiger partial charge in [0.15, 0.2) is 0 Å². The fourth-order valence-electron chi connectivity index (χ4n) is 1.09. The first-order chi connectivity index (χ1) is 6.27. The number of rotatable bonds is 1. The van der Waals surface area contributed by atoms with Crippen molar-refractivity contribution >= 4 is 15.9 Å². The minimum atomic E-state index is -0.439. The van der Waals surface area contributed by atoms with Crippen molar-refractivity contribution in [3.63, 3.8) is 0 Å². The highest BCUT2D eigenvalue weighted by atomic mass is 79.9. The van der Waals surface area contributed by atoms with Crippen LogP contribution in [0.15, 0.2) is 44.2 Å². The summed E-state index contributed by atoms with van der Waals surface area (Å²) in [6.07, 6.45) is 1.41. The summed E-state index contributed by atoms with van der Waals surface area (Å²) in [4.78, 5) is 13.3. The molecule has 2 rings (SSSR count). The fourth-order valence-corrected chi connectivity index (χ4v) is 1.59. The normalized spacial score (nSPS) is 10.2. The van der Waals surface area contributed by atoms with Crippen molar-refractivity contribution in [2.45, 2.75) is 0 Å². The van der Waals surface area contributed by atoms with Gasteiger partial charge in [-0.15, -0.1) is 0 Å². The molecule has 0 fully saturated rings. The van der Waals surface area contributed by atoms with Crippen molar-refractivity contribution in [1.29, 1.82) is 0 Å². The maximum Gasteiger partial charge on any atom is 0.416 e. The number of halogens is 1. The van der Waals surface area contributed by atoms with E-state index in [1.54, 1.807) is 0 Å². The van der Waals surface area contributed by atoms with E-state index in [9.17, 15) is 4.79 Å². The van der Waals surface area contributed by atoms with Crippen molar-refractivity contribution in [2.24, 2.45) is 0 Å². The van der Waals surface area contributed by atoms with Crippen molar-refractivity contribution in [2.75, 3.05) is 0 Å². The summed E-state index contributed by atoms with van der Waals surface area (Å²) in [6, 6.07) is 7.60. The Hall–Kier alpha value is -1.29. The van der Waals surface area contributed by atoms with Gasteiger partial charge in [-0.05, 0) is 6.07 Å². The predicted octanol–water partition coefficient (Wildman–Crippen LogP) is 2.40. The van der Waals surface area contributed by atoms with Crippen LogP contribution < -0.4 is 5.76 Å². The average Bonchev–Trinajstić information content (AvgIpc) is 2.53. The molecule has 2 aromatic rings. The summed E-state index contributed by atoms with van der Waals surface area (Å²) >= 11 is 3.38. The maximum atomic E-state index is 10.7. The van der Waals surface area contributed by atoms with Crippen LogP contribution in [-0.2, 0) is 0 Å². The summed E-state index contributed by atoms with van der Waals surface area (Å²) in [7, 11) is 0. The molecule has 1 aromatic heterocycles. The molecule has 0 unspecified atom stereocenters. The lowest BCUT2D eigenvalue weighted by Crippen LogP contribution is -1.94. The van der Waals surface area contributed by atoms with E-state index in [0.29, 0.717) is 5.69 Å². The second-order valence-corrected chi connectivity index (χ2v) is 3.40. The third-order valence-electron chi connectivity index (χ3n) is 1.68. The Balaban J connectivity index is 2.58. The van der Waals surface area contributed by atoms with Crippen molar-refractivity contribution < 1.29 is 4.42 Å². The Morgan fingerprint density at radius 3 is 2.69 bits per heavy atom. The van der Waals surface area contributed by atoms with Gasteiger partial charge in [0.25, 0.3) is 0 Å². The van der Waals surface area contributed by atoms with Gasteiger partial charge in [0.1, 0.15) is 6.26 Å². The SMILES string of the molecule is O=c1[nH]c(-c2ccccc2Br)co1. The van der Waals surface area contributed by atoms with Gasteiger partial charge >= 0.3 is 5.76 Å². The van der Waals surface area contributed by atoms with Crippen LogP contribution in [-0.4, -0.2) is 4.98 Å². The molecule has 1 N–H and O–H groups in total. The van der Waals surface area contributed by atoms with Crippen molar-refractivity contribution in [3.8, 4) is 11.3 Å². The number of nitrogens with one attached hydrogen (secondary N) is 1. The van der Waals surface area contributed by atoms with E-state index in [-0.39, 0.29) is 0 Å². The molecule has 3 nitrogen and oxygen atoms in total. The summed E-state index contributed by atoms with van der Waals surface area (Å²) in [5, 5.41) is 0. The summed E-state index contributed by atoms with van der Waals surface area (Å²) in [6.45, 7) is 0. The Labute approximate surface area is 82.5 Å². The van der Waals surface area contributed by atoms with Gasteiger partial charge in [-0.2, -0.15) is 0 Å². The van der Waals surface area contributed by atoms with Crippen molar-refractivity contribution in [1.82, 2.24) is 4.98 Å². The van der Waals surface area contributed by atoms with Gasteiger partial charge in [-0.25, -0.2) is 4.79 Å². The molecule has 0 atom stereocenters. The first kappa shape index (κ1) is 8.31. The molecule has 0 aliphatic carbocycles. The molecule has 0 saturated heterocycles. The van der Waals surface area contributed by atoms with E-state index in [4.69, 9.17) is 0 Å². The Morgan fingerprint density at radius 1 is 1.31 bits per heavy atom. The van der Waals surface area contributed by atoms with Crippen LogP contribution in [0, 0.1) is 0 Å². The predicted molar refractivity (Wildman–Crippen MR) is 52.5 cm³/mol. The number of oxazole rings is 1. The van der Waals surface area contributed by atoms with Crippen molar-refractivity contribution in [3.05, 3.63) is 45.6 Å². The Kier molecular flexibility index (Phi) is 2.06. The second-order valence-electron chi connectivity index (χ2n) is 2.54.